The number of amides is 5. The van der Waals surface area contributed by atoms with Crippen molar-refractivity contribution in [2.45, 2.75) is 139 Å². The van der Waals surface area contributed by atoms with Gasteiger partial charge < -0.3 is 46.2 Å². The number of thioether (sulfide) groups is 1. The van der Waals surface area contributed by atoms with Crippen LogP contribution in [0.25, 0.3) is 0 Å². The van der Waals surface area contributed by atoms with Crippen LogP contribution in [0.4, 0.5) is 17.1 Å². The summed E-state index contributed by atoms with van der Waals surface area (Å²) in [5, 5.41) is 50.6. The molecule has 92 heavy (non-hydrogen) atoms. The number of nitrogens with zero attached hydrogens (tertiary/aromatic N) is 3. The van der Waals surface area contributed by atoms with Gasteiger partial charge in [0.05, 0.1) is 79.6 Å². The van der Waals surface area contributed by atoms with Crippen molar-refractivity contribution in [3.63, 3.8) is 0 Å². The molecule has 2 heterocycles. The number of benzene rings is 3. The second-order valence-electron chi connectivity index (χ2n) is 22.6. The maximum atomic E-state index is 13.4. The van der Waals surface area contributed by atoms with Crippen molar-refractivity contribution in [2.75, 3.05) is 69.4 Å². The number of fused-ring (bicyclic) bond motifs is 2. The number of hydrogen-bond acceptors (Lipinski definition) is 22. The second-order valence-corrected chi connectivity index (χ2v) is 26.9. The molecule has 3 aromatic rings. The van der Waals surface area contributed by atoms with E-state index in [0.717, 1.165) is 82.3 Å². The largest absolute Gasteiger partial charge is 0.691 e. The molecule has 3 aromatic carbocycles. The molecule has 0 aliphatic carbocycles. The lowest BCUT2D eigenvalue weighted by atomic mass is 9.81. The first-order valence-corrected chi connectivity index (χ1v) is 33.9. The Hall–Kier alpha value is -6.91. The molecule has 5 rings (SSSR count). The van der Waals surface area contributed by atoms with Gasteiger partial charge in [0.1, 0.15) is 12.6 Å². The number of methoxy groups -OCH3 is 1. The SMILES string of the molecule is CCN1/C(=C/C=C/C=C/C2=[N+](CCCCCC(=O)NCCCC[C@H](NC(=O)CNC(=O)CCCOc3cc([N+](=O)[O-])c(C(C)C)cc3OC)C(=O)NCC(=O)NCC(=O)SCCS(=O)(=O)O)c3ccc(SOO[O-])cc3C2(C)C)C(C)(C)c2cc(SOOO)ccc21. The van der Waals surface area contributed by atoms with Gasteiger partial charge in [-0.05, 0) is 113 Å². The van der Waals surface area contributed by atoms with Crippen LogP contribution >= 0.6 is 35.8 Å². The molecule has 2 aliphatic rings. The Kier molecular flexibility index (Phi) is 30.6. The van der Waals surface area contributed by atoms with E-state index in [1.807, 2.05) is 68.5 Å². The van der Waals surface area contributed by atoms with Crippen molar-refractivity contribution in [1.82, 2.24) is 26.6 Å². The number of nitro benzene ring substituents is 1. The van der Waals surface area contributed by atoms with Crippen LogP contribution in [0.5, 0.6) is 11.5 Å². The number of rotatable bonds is 40. The number of unbranched alkanes of at least 4 members (excludes halogenated alkanes) is 3. The van der Waals surface area contributed by atoms with E-state index < -0.39 is 80.6 Å². The van der Waals surface area contributed by atoms with Gasteiger partial charge in [0.15, 0.2) is 17.2 Å². The molecule has 7 N–H and O–H groups in total. The summed E-state index contributed by atoms with van der Waals surface area (Å²) in [5.41, 5.74) is 5.91. The molecular formula is C61H82N8O19S4. The number of anilines is 1. The van der Waals surface area contributed by atoms with E-state index in [1.165, 1.54) is 19.2 Å². The molecule has 0 aromatic heterocycles. The summed E-state index contributed by atoms with van der Waals surface area (Å²) < 4.78 is 53.5. The molecule has 2 aliphatic heterocycles. The number of ether oxygens (including phenoxy) is 2. The lowest BCUT2D eigenvalue weighted by Crippen LogP contribution is -2.51. The van der Waals surface area contributed by atoms with Crippen molar-refractivity contribution >= 4 is 103 Å². The number of nitro groups is 1. The van der Waals surface area contributed by atoms with Crippen LogP contribution in [0.2, 0.25) is 0 Å². The quantitative estimate of drug-likeness (QED) is 0.00430. The van der Waals surface area contributed by atoms with E-state index >= 15 is 0 Å². The number of carbonyl (C=O) groups is 6. The fourth-order valence-corrected chi connectivity index (χ4v) is 12.8. The molecule has 0 fully saturated rings. The maximum Gasteiger partial charge on any atom is 0.276 e. The third kappa shape index (κ3) is 23.0. The number of likely N-dealkylation sites (N-methyl/N-ethyl adjacent to an activating group) is 1. The summed E-state index contributed by atoms with van der Waals surface area (Å²) in [6.45, 7) is 14.3. The summed E-state index contributed by atoms with van der Waals surface area (Å²) in [6.07, 6.45) is 13.5. The molecule has 31 heteroatoms. The van der Waals surface area contributed by atoms with Crippen LogP contribution in [0, 0.1) is 10.1 Å². The number of hydrogen-bond donors (Lipinski definition) is 7. The predicted molar refractivity (Wildman–Crippen MR) is 345 cm³/mol. The first-order chi connectivity index (χ1) is 43.7. The summed E-state index contributed by atoms with van der Waals surface area (Å²) in [6, 6.07) is 13.4. The first-order valence-electron chi connectivity index (χ1n) is 29.8. The van der Waals surface area contributed by atoms with E-state index in [0.29, 0.717) is 48.0 Å². The minimum Gasteiger partial charge on any atom is -0.691 e. The van der Waals surface area contributed by atoms with Crippen molar-refractivity contribution < 1.29 is 90.0 Å². The Morgan fingerprint density at radius 3 is 2.15 bits per heavy atom. The molecule has 0 radical (unpaired) electrons. The van der Waals surface area contributed by atoms with Crippen molar-refractivity contribution in [2.24, 2.45) is 0 Å². The van der Waals surface area contributed by atoms with Gasteiger partial charge in [-0.1, -0.05) is 62.7 Å². The van der Waals surface area contributed by atoms with Crippen molar-refractivity contribution in [3.8, 4) is 11.5 Å². The maximum absolute atomic E-state index is 13.4. The number of carbonyl (C=O) groups excluding carboxylic acids is 6. The van der Waals surface area contributed by atoms with Gasteiger partial charge >= 0.3 is 0 Å². The van der Waals surface area contributed by atoms with Gasteiger partial charge in [-0.15, -0.1) is 4.33 Å². The molecule has 1 atom stereocenters. The topological polar surface area (TPSA) is 365 Å². The lowest BCUT2D eigenvalue weighted by molar-refractivity contribution is -0.777. The van der Waals surface area contributed by atoms with E-state index in [-0.39, 0.29) is 79.0 Å². The van der Waals surface area contributed by atoms with Gasteiger partial charge in [-0.2, -0.15) is 17.3 Å². The smallest absolute Gasteiger partial charge is 0.276 e. The zero-order chi connectivity index (χ0) is 67.6. The highest BCUT2D eigenvalue weighted by Crippen LogP contribution is 2.49. The molecule has 5 amide bonds. The third-order valence-corrected chi connectivity index (χ3v) is 18.1. The minimum atomic E-state index is -4.29. The van der Waals surface area contributed by atoms with E-state index in [2.05, 4.69) is 102 Å². The second kappa shape index (κ2) is 37.1. The Balaban J connectivity index is 1.13. The summed E-state index contributed by atoms with van der Waals surface area (Å²) >= 11 is 2.32. The van der Waals surface area contributed by atoms with E-state index in [4.69, 9.17) is 19.3 Å². The fraction of sp³-hybridized carbons (Fsp3) is 0.492. The van der Waals surface area contributed by atoms with Crippen LogP contribution in [0.1, 0.15) is 129 Å². The highest BCUT2D eigenvalue weighted by Gasteiger charge is 2.44. The molecule has 0 spiro atoms. The van der Waals surface area contributed by atoms with Gasteiger partial charge in [0.2, 0.25) is 40.3 Å². The van der Waals surface area contributed by atoms with Gasteiger partial charge in [-0.25, -0.2) is 5.26 Å². The minimum absolute atomic E-state index is 0.0147. The molecule has 504 valence electrons. The Labute approximate surface area is 548 Å². The molecule has 0 saturated heterocycles. The molecule has 27 nitrogen and oxygen atoms in total. The highest BCUT2D eigenvalue weighted by molar-refractivity contribution is 8.14. The molecule has 0 saturated carbocycles. The van der Waals surface area contributed by atoms with Crippen molar-refractivity contribution in [1.29, 1.82) is 0 Å². The van der Waals surface area contributed by atoms with Gasteiger partial charge in [0, 0.05) is 88.0 Å². The van der Waals surface area contributed by atoms with Gasteiger partial charge in [0.25, 0.3) is 15.8 Å². The monoisotopic (exact) mass is 1360 g/mol. The normalized spacial score (nSPS) is 14.8. The predicted octanol–water partition coefficient (Wildman–Crippen LogP) is 7.26. The third-order valence-electron chi connectivity index (χ3n) is 15.1. The Bertz CT molecular complexity index is 3340. The Morgan fingerprint density at radius 2 is 1.47 bits per heavy atom. The van der Waals surface area contributed by atoms with Crippen molar-refractivity contribution in [3.05, 3.63) is 111 Å². The van der Waals surface area contributed by atoms with E-state index in [9.17, 15) is 52.6 Å². The summed E-state index contributed by atoms with van der Waals surface area (Å²) in [4.78, 5) is 92.0. The summed E-state index contributed by atoms with van der Waals surface area (Å²) in [5.74, 6) is -3.58. The lowest BCUT2D eigenvalue weighted by Gasteiger charge is -2.25. The zero-order valence-corrected chi connectivity index (χ0v) is 56.0. The number of nitrogens with one attached hydrogen (secondary N) is 5. The van der Waals surface area contributed by atoms with Gasteiger partial charge in [-0.3, -0.25) is 48.5 Å². The number of allylic oxidation sites excluding steroid dienone is 6. The molecule has 0 unspecified atom stereocenters. The molecular weight excluding hydrogens is 1280 g/mol. The standard InChI is InChI=1S/C61H82N8O19S4/c1-9-67-47-26-24-41(90-87-85-78)33-44(47)60(4,5)52(67)20-12-10-13-21-53-61(6,7)45-34-42(91-88-86-79)25-27-48(45)68(53)29-17-11-14-22-54(70)62-28-16-15-19-46(59(75)65-37-56(72)64-39-58(74)89-31-32-92(80,81)82)66-57(73)38-63-55(71)23-18-30-84-51-36-49(69(76)77)43(40(2)3)35-50(51)83-8/h10,12-13,20-21,24-27,33-36,40,46H,9,11,14-19,22-23,28-32,37-39H2,1-8H3,(H7-,62,63,64,65,66,70,71,72,73,75,78,79,80,81,82)/t46-/m0/s1. The van der Waals surface area contributed by atoms with Crippen LogP contribution in [0.3, 0.4) is 0 Å². The highest BCUT2D eigenvalue weighted by atomic mass is 32.2. The summed E-state index contributed by atoms with van der Waals surface area (Å²) in [7, 11) is -2.88. The van der Waals surface area contributed by atoms with E-state index in [1.54, 1.807) is 0 Å². The first kappa shape index (κ1) is 75.8. The van der Waals surface area contributed by atoms with Crippen LogP contribution in [-0.2, 0) is 68.5 Å². The van der Waals surface area contributed by atoms with Crippen LogP contribution in [-0.4, -0.2) is 139 Å². The molecule has 0 bridgehead atoms. The van der Waals surface area contributed by atoms with Crippen LogP contribution in [0.15, 0.2) is 94.4 Å². The fourth-order valence-electron chi connectivity index (χ4n) is 10.5. The average Bonchev–Trinajstić information content (AvgIpc) is 1.60. The van der Waals surface area contributed by atoms with Crippen LogP contribution < -0.4 is 46.2 Å². The Morgan fingerprint density at radius 1 is 0.783 bits per heavy atom. The zero-order valence-electron chi connectivity index (χ0n) is 52.7. The average molecular weight is 1360 g/mol.